The van der Waals surface area contributed by atoms with Crippen LogP contribution in [0.5, 0.6) is 5.75 Å². The number of carbonyl (C=O) groups excluding carboxylic acids is 1. The van der Waals surface area contributed by atoms with Gasteiger partial charge in [-0.2, -0.15) is 0 Å². The number of ether oxygens (including phenoxy) is 3. The largest absolute Gasteiger partial charge is 0.508 e. The number of allylic oxidation sites excluding steroid dienone is 1. The lowest BCUT2D eigenvalue weighted by Gasteiger charge is -2.09. The fourth-order valence-corrected chi connectivity index (χ4v) is 1.47. The van der Waals surface area contributed by atoms with Crippen LogP contribution >= 0.6 is 0 Å². The van der Waals surface area contributed by atoms with E-state index in [1.165, 1.54) is 0 Å². The molecular formula is C13H14O4. The van der Waals surface area contributed by atoms with E-state index in [0.717, 1.165) is 16.9 Å². The van der Waals surface area contributed by atoms with Crippen molar-refractivity contribution in [1.82, 2.24) is 0 Å². The smallest absolute Gasteiger partial charge is 0.490 e. The molecule has 1 aromatic carbocycles. The average Bonchev–Trinajstić information content (AvgIpc) is 2.73. The summed E-state index contributed by atoms with van der Waals surface area (Å²) < 4.78 is 15.0. The standard InChI is InChI=1S/C13H14O4/c1-9(2)10-3-5-11(6-4-10)15-7-12-8-16-13(14)17-12/h3-6,12H,1,7-8H2,2H3. The third-order valence-corrected chi connectivity index (χ3v) is 2.43. The first kappa shape index (κ1) is 11.5. The summed E-state index contributed by atoms with van der Waals surface area (Å²) in [5, 5.41) is 0. The van der Waals surface area contributed by atoms with E-state index in [-0.39, 0.29) is 12.7 Å². The Morgan fingerprint density at radius 1 is 1.47 bits per heavy atom. The molecule has 1 aromatic rings. The van der Waals surface area contributed by atoms with Gasteiger partial charge in [-0.15, -0.1) is 0 Å². The van der Waals surface area contributed by atoms with Crippen molar-refractivity contribution in [3.8, 4) is 5.75 Å². The van der Waals surface area contributed by atoms with Gasteiger partial charge in [0.1, 0.15) is 19.0 Å². The molecule has 0 bridgehead atoms. The molecule has 0 saturated carbocycles. The van der Waals surface area contributed by atoms with Crippen LogP contribution in [0, 0.1) is 0 Å². The maximum Gasteiger partial charge on any atom is 0.508 e. The Morgan fingerprint density at radius 2 is 2.18 bits per heavy atom. The zero-order valence-electron chi connectivity index (χ0n) is 9.64. The molecule has 0 aliphatic carbocycles. The van der Waals surface area contributed by atoms with Crippen molar-refractivity contribution in [2.24, 2.45) is 0 Å². The van der Waals surface area contributed by atoms with Crippen molar-refractivity contribution in [3.05, 3.63) is 36.4 Å². The second-order valence-corrected chi connectivity index (χ2v) is 3.92. The molecule has 1 heterocycles. The molecule has 0 radical (unpaired) electrons. The highest BCUT2D eigenvalue weighted by molar-refractivity contribution is 5.62. The van der Waals surface area contributed by atoms with E-state index < -0.39 is 6.16 Å². The molecule has 90 valence electrons. The van der Waals surface area contributed by atoms with Crippen LogP contribution in [0.15, 0.2) is 30.8 Å². The Labute approximate surface area is 99.8 Å². The number of cyclic esters (lactones) is 2. The Balaban J connectivity index is 1.87. The molecule has 4 heteroatoms. The lowest BCUT2D eigenvalue weighted by molar-refractivity contribution is 0.0983. The van der Waals surface area contributed by atoms with Gasteiger partial charge >= 0.3 is 6.16 Å². The predicted octanol–water partition coefficient (Wildman–Crippen LogP) is 2.63. The zero-order valence-corrected chi connectivity index (χ0v) is 9.64. The number of hydrogen-bond donors (Lipinski definition) is 0. The Kier molecular flexibility index (Phi) is 3.32. The molecule has 4 nitrogen and oxygen atoms in total. The van der Waals surface area contributed by atoms with Gasteiger partial charge in [-0.25, -0.2) is 4.79 Å². The first-order chi connectivity index (χ1) is 8.15. The Hall–Kier alpha value is -1.97. The zero-order chi connectivity index (χ0) is 12.3. The highest BCUT2D eigenvalue weighted by Gasteiger charge is 2.25. The predicted molar refractivity (Wildman–Crippen MR) is 62.9 cm³/mol. The van der Waals surface area contributed by atoms with Crippen LogP contribution in [-0.2, 0) is 9.47 Å². The van der Waals surface area contributed by atoms with E-state index in [1.807, 2.05) is 31.2 Å². The lowest BCUT2D eigenvalue weighted by Crippen LogP contribution is -2.19. The second kappa shape index (κ2) is 4.91. The fourth-order valence-electron chi connectivity index (χ4n) is 1.47. The van der Waals surface area contributed by atoms with Crippen molar-refractivity contribution in [2.45, 2.75) is 13.0 Å². The van der Waals surface area contributed by atoms with Crippen molar-refractivity contribution in [2.75, 3.05) is 13.2 Å². The van der Waals surface area contributed by atoms with Crippen LogP contribution in [0.3, 0.4) is 0 Å². The molecule has 2 rings (SSSR count). The average molecular weight is 234 g/mol. The van der Waals surface area contributed by atoms with Gasteiger partial charge in [-0.3, -0.25) is 0 Å². The van der Waals surface area contributed by atoms with E-state index in [4.69, 9.17) is 9.47 Å². The Morgan fingerprint density at radius 3 is 2.71 bits per heavy atom. The molecule has 1 aliphatic heterocycles. The van der Waals surface area contributed by atoms with Crippen molar-refractivity contribution < 1.29 is 19.0 Å². The molecule has 0 amide bonds. The second-order valence-electron chi connectivity index (χ2n) is 3.92. The fraction of sp³-hybridized carbons (Fsp3) is 0.308. The molecule has 1 unspecified atom stereocenters. The van der Waals surface area contributed by atoms with Crippen molar-refractivity contribution >= 4 is 11.7 Å². The van der Waals surface area contributed by atoms with Crippen molar-refractivity contribution in [1.29, 1.82) is 0 Å². The molecule has 0 N–H and O–H groups in total. The third-order valence-electron chi connectivity index (χ3n) is 2.43. The molecular weight excluding hydrogens is 220 g/mol. The summed E-state index contributed by atoms with van der Waals surface area (Å²) >= 11 is 0. The molecule has 0 spiro atoms. The van der Waals surface area contributed by atoms with Crippen LogP contribution in [0.2, 0.25) is 0 Å². The first-order valence-electron chi connectivity index (χ1n) is 5.37. The van der Waals surface area contributed by atoms with Crippen LogP contribution in [0.1, 0.15) is 12.5 Å². The summed E-state index contributed by atoms with van der Waals surface area (Å²) in [6.07, 6.45) is -0.945. The first-order valence-corrected chi connectivity index (χ1v) is 5.37. The van der Waals surface area contributed by atoms with Gasteiger partial charge in [-0.1, -0.05) is 24.3 Å². The monoisotopic (exact) mass is 234 g/mol. The quantitative estimate of drug-likeness (QED) is 0.751. The lowest BCUT2D eigenvalue weighted by atomic mass is 10.1. The van der Waals surface area contributed by atoms with Crippen LogP contribution in [-0.4, -0.2) is 25.5 Å². The van der Waals surface area contributed by atoms with Gasteiger partial charge in [0.25, 0.3) is 0 Å². The summed E-state index contributed by atoms with van der Waals surface area (Å²) in [5.74, 6) is 0.734. The summed E-state index contributed by atoms with van der Waals surface area (Å²) in [4.78, 5) is 10.7. The Bertz CT molecular complexity index is 422. The molecule has 0 aromatic heterocycles. The normalized spacial score (nSPS) is 18.4. The highest BCUT2D eigenvalue weighted by Crippen LogP contribution is 2.18. The summed E-state index contributed by atoms with van der Waals surface area (Å²) in [6.45, 7) is 6.36. The van der Waals surface area contributed by atoms with Gasteiger partial charge in [0, 0.05) is 0 Å². The van der Waals surface area contributed by atoms with E-state index in [1.54, 1.807) is 0 Å². The molecule has 1 saturated heterocycles. The molecule has 1 fully saturated rings. The van der Waals surface area contributed by atoms with Gasteiger partial charge in [0.2, 0.25) is 0 Å². The molecule has 17 heavy (non-hydrogen) atoms. The minimum Gasteiger partial charge on any atom is -0.490 e. The molecule has 1 atom stereocenters. The topological polar surface area (TPSA) is 44.8 Å². The van der Waals surface area contributed by atoms with Gasteiger partial charge in [-0.05, 0) is 24.6 Å². The number of rotatable bonds is 4. The number of hydrogen-bond acceptors (Lipinski definition) is 4. The van der Waals surface area contributed by atoms with Gasteiger partial charge < -0.3 is 14.2 Å². The number of benzene rings is 1. The van der Waals surface area contributed by atoms with E-state index in [9.17, 15) is 4.79 Å². The maximum absolute atomic E-state index is 10.7. The van der Waals surface area contributed by atoms with Crippen LogP contribution < -0.4 is 4.74 Å². The van der Waals surface area contributed by atoms with Crippen LogP contribution in [0.4, 0.5) is 4.79 Å². The van der Waals surface area contributed by atoms with Gasteiger partial charge in [0.15, 0.2) is 6.10 Å². The summed E-state index contributed by atoms with van der Waals surface area (Å²) in [6, 6.07) is 7.60. The number of carbonyl (C=O) groups is 1. The molecule has 1 aliphatic rings. The summed E-state index contributed by atoms with van der Waals surface area (Å²) in [5.41, 5.74) is 2.09. The maximum atomic E-state index is 10.7. The minimum atomic E-state index is -0.628. The SMILES string of the molecule is C=C(C)c1ccc(OCC2COC(=O)O2)cc1. The van der Waals surface area contributed by atoms with Crippen LogP contribution in [0.25, 0.3) is 5.57 Å². The van der Waals surface area contributed by atoms with E-state index in [2.05, 4.69) is 11.3 Å². The van der Waals surface area contributed by atoms with E-state index >= 15 is 0 Å². The minimum absolute atomic E-state index is 0.253. The highest BCUT2D eigenvalue weighted by atomic mass is 16.8. The van der Waals surface area contributed by atoms with Gasteiger partial charge in [0.05, 0.1) is 0 Å². The van der Waals surface area contributed by atoms with E-state index in [0.29, 0.717) is 6.61 Å². The third kappa shape index (κ3) is 3.00. The summed E-state index contributed by atoms with van der Waals surface area (Å²) in [7, 11) is 0. The van der Waals surface area contributed by atoms with Crippen molar-refractivity contribution in [3.63, 3.8) is 0 Å².